The van der Waals surface area contributed by atoms with Gasteiger partial charge < -0.3 is 10.1 Å². The smallest absolute Gasteiger partial charge is 0.219 e. The highest BCUT2D eigenvalue weighted by Crippen LogP contribution is 2.19. The van der Waals surface area contributed by atoms with Crippen LogP contribution in [-0.4, -0.2) is 21.8 Å². The van der Waals surface area contributed by atoms with E-state index in [1.807, 2.05) is 33.2 Å². The molecule has 0 radical (unpaired) electrons. The number of hydrogen-bond donors (Lipinski definition) is 1. The van der Waals surface area contributed by atoms with Gasteiger partial charge in [0.05, 0.1) is 12.4 Å². The second-order valence-electron chi connectivity index (χ2n) is 3.88. The van der Waals surface area contributed by atoms with Crippen molar-refractivity contribution in [3.8, 4) is 11.6 Å². The van der Waals surface area contributed by atoms with E-state index in [9.17, 15) is 0 Å². The van der Waals surface area contributed by atoms with Gasteiger partial charge >= 0.3 is 0 Å². The summed E-state index contributed by atoms with van der Waals surface area (Å²) in [5.41, 5.74) is 2.15. The second-order valence-corrected chi connectivity index (χ2v) is 3.88. The minimum Gasteiger partial charge on any atom is -0.436 e. The SMILES string of the molecule is CNCc1ccc(Oc2cnn(C)c2)nc1C. The van der Waals surface area contributed by atoms with E-state index in [0.717, 1.165) is 12.2 Å². The summed E-state index contributed by atoms with van der Waals surface area (Å²) in [5.74, 6) is 1.29. The van der Waals surface area contributed by atoms with E-state index >= 15 is 0 Å². The van der Waals surface area contributed by atoms with Crippen LogP contribution >= 0.6 is 0 Å². The van der Waals surface area contributed by atoms with E-state index < -0.39 is 0 Å². The third-order valence-electron chi connectivity index (χ3n) is 2.44. The van der Waals surface area contributed by atoms with Crippen molar-refractivity contribution in [1.82, 2.24) is 20.1 Å². The summed E-state index contributed by atoms with van der Waals surface area (Å²) in [6.45, 7) is 2.79. The molecule has 0 spiro atoms. The maximum atomic E-state index is 5.60. The topological polar surface area (TPSA) is 52.0 Å². The fourth-order valence-electron chi connectivity index (χ4n) is 1.57. The Morgan fingerprint density at radius 3 is 2.82 bits per heavy atom. The van der Waals surface area contributed by atoms with Gasteiger partial charge in [0.1, 0.15) is 0 Å². The van der Waals surface area contributed by atoms with Crippen LogP contribution < -0.4 is 10.1 Å². The number of rotatable bonds is 4. The van der Waals surface area contributed by atoms with E-state index in [-0.39, 0.29) is 0 Å². The van der Waals surface area contributed by atoms with Crippen LogP contribution in [0.2, 0.25) is 0 Å². The number of hydrogen-bond acceptors (Lipinski definition) is 4. The summed E-state index contributed by atoms with van der Waals surface area (Å²) in [5, 5.41) is 7.14. The molecule has 0 bridgehead atoms. The zero-order valence-electron chi connectivity index (χ0n) is 10.3. The highest BCUT2D eigenvalue weighted by Gasteiger charge is 2.04. The van der Waals surface area contributed by atoms with E-state index in [4.69, 9.17) is 4.74 Å². The third kappa shape index (κ3) is 2.82. The molecule has 90 valence electrons. The van der Waals surface area contributed by atoms with Gasteiger partial charge in [-0.25, -0.2) is 4.98 Å². The first kappa shape index (κ1) is 11.6. The van der Waals surface area contributed by atoms with E-state index in [1.54, 1.807) is 17.1 Å². The van der Waals surface area contributed by atoms with Gasteiger partial charge in [0.25, 0.3) is 0 Å². The lowest BCUT2D eigenvalue weighted by atomic mass is 10.2. The Kier molecular flexibility index (Phi) is 3.39. The lowest BCUT2D eigenvalue weighted by Crippen LogP contribution is -2.07. The minimum atomic E-state index is 0.593. The zero-order valence-corrected chi connectivity index (χ0v) is 10.3. The molecule has 2 aromatic heterocycles. The number of aryl methyl sites for hydroxylation is 2. The van der Waals surface area contributed by atoms with Crippen molar-refractivity contribution in [1.29, 1.82) is 0 Å². The largest absolute Gasteiger partial charge is 0.436 e. The van der Waals surface area contributed by atoms with Gasteiger partial charge in [0, 0.05) is 25.4 Å². The fraction of sp³-hybridized carbons (Fsp3) is 0.333. The van der Waals surface area contributed by atoms with Crippen LogP contribution in [0.25, 0.3) is 0 Å². The molecule has 2 aromatic rings. The van der Waals surface area contributed by atoms with Crippen LogP contribution in [0.4, 0.5) is 0 Å². The second kappa shape index (κ2) is 4.97. The third-order valence-corrected chi connectivity index (χ3v) is 2.44. The molecular formula is C12H16N4O. The molecule has 2 heterocycles. The number of aromatic nitrogens is 3. The van der Waals surface area contributed by atoms with E-state index in [0.29, 0.717) is 11.6 Å². The summed E-state index contributed by atoms with van der Waals surface area (Å²) >= 11 is 0. The summed E-state index contributed by atoms with van der Waals surface area (Å²) in [6.07, 6.45) is 3.47. The van der Waals surface area contributed by atoms with Gasteiger partial charge in [-0.3, -0.25) is 4.68 Å². The molecule has 0 unspecified atom stereocenters. The molecule has 1 N–H and O–H groups in total. The normalized spacial score (nSPS) is 10.5. The summed E-state index contributed by atoms with van der Waals surface area (Å²) in [4.78, 5) is 4.40. The summed E-state index contributed by atoms with van der Waals surface area (Å²) in [7, 11) is 3.76. The maximum absolute atomic E-state index is 5.60. The van der Waals surface area contributed by atoms with Gasteiger partial charge in [0.15, 0.2) is 5.75 Å². The van der Waals surface area contributed by atoms with Crippen molar-refractivity contribution in [3.05, 3.63) is 35.8 Å². The molecule has 0 saturated heterocycles. The van der Waals surface area contributed by atoms with Crippen molar-refractivity contribution in [2.45, 2.75) is 13.5 Å². The van der Waals surface area contributed by atoms with Crippen molar-refractivity contribution < 1.29 is 4.74 Å². The van der Waals surface area contributed by atoms with E-state index in [2.05, 4.69) is 15.4 Å². The molecule has 0 amide bonds. The Balaban J connectivity index is 2.14. The predicted octanol–water partition coefficient (Wildman–Crippen LogP) is 1.64. The maximum Gasteiger partial charge on any atom is 0.219 e. The first-order valence-electron chi connectivity index (χ1n) is 5.46. The Labute approximate surface area is 100 Å². The lowest BCUT2D eigenvalue weighted by Gasteiger charge is -2.07. The first-order chi connectivity index (χ1) is 8.19. The van der Waals surface area contributed by atoms with Gasteiger partial charge in [-0.2, -0.15) is 5.10 Å². The van der Waals surface area contributed by atoms with Gasteiger partial charge in [-0.1, -0.05) is 6.07 Å². The van der Waals surface area contributed by atoms with Crippen molar-refractivity contribution >= 4 is 0 Å². The molecule has 0 aromatic carbocycles. The van der Waals surface area contributed by atoms with Gasteiger partial charge in [0.2, 0.25) is 5.88 Å². The van der Waals surface area contributed by atoms with Crippen molar-refractivity contribution in [2.24, 2.45) is 7.05 Å². The Morgan fingerprint density at radius 2 is 2.24 bits per heavy atom. The number of ether oxygens (including phenoxy) is 1. The molecule has 0 saturated carbocycles. The van der Waals surface area contributed by atoms with Crippen LogP contribution in [0, 0.1) is 6.92 Å². The average molecular weight is 232 g/mol. The Hall–Kier alpha value is -1.88. The number of nitrogens with one attached hydrogen (secondary N) is 1. The van der Waals surface area contributed by atoms with Crippen molar-refractivity contribution in [3.63, 3.8) is 0 Å². The van der Waals surface area contributed by atoms with Crippen molar-refractivity contribution in [2.75, 3.05) is 7.05 Å². The fourth-order valence-corrected chi connectivity index (χ4v) is 1.57. The molecule has 0 fully saturated rings. The lowest BCUT2D eigenvalue weighted by molar-refractivity contribution is 0.460. The Bertz CT molecular complexity index is 507. The summed E-state index contributed by atoms with van der Waals surface area (Å²) < 4.78 is 7.29. The van der Waals surface area contributed by atoms with Crippen LogP contribution in [0.5, 0.6) is 11.6 Å². The predicted molar refractivity (Wildman–Crippen MR) is 65.0 cm³/mol. The van der Waals surface area contributed by atoms with E-state index in [1.165, 1.54) is 5.56 Å². The summed E-state index contributed by atoms with van der Waals surface area (Å²) in [6, 6.07) is 3.89. The molecule has 0 atom stereocenters. The highest BCUT2D eigenvalue weighted by molar-refractivity contribution is 5.28. The quantitative estimate of drug-likeness (QED) is 0.870. The van der Waals surface area contributed by atoms with Gasteiger partial charge in [-0.15, -0.1) is 0 Å². The molecule has 5 nitrogen and oxygen atoms in total. The Morgan fingerprint density at radius 1 is 1.41 bits per heavy atom. The highest BCUT2D eigenvalue weighted by atomic mass is 16.5. The van der Waals surface area contributed by atoms with Crippen LogP contribution in [0.3, 0.4) is 0 Å². The average Bonchev–Trinajstić information content (AvgIpc) is 2.68. The zero-order chi connectivity index (χ0) is 12.3. The van der Waals surface area contributed by atoms with Crippen LogP contribution in [0.1, 0.15) is 11.3 Å². The number of pyridine rings is 1. The molecule has 17 heavy (non-hydrogen) atoms. The monoisotopic (exact) mass is 232 g/mol. The molecule has 5 heteroatoms. The molecular weight excluding hydrogens is 216 g/mol. The molecule has 0 aliphatic rings. The first-order valence-corrected chi connectivity index (χ1v) is 5.46. The van der Waals surface area contributed by atoms with Gasteiger partial charge in [-0.05, 0) is 19.5 Å². The molecule has 2 rings (SSSR count). The molecule has 0 aliphatic carbocycles. The van der Waals surface area contributed by atoms with Crippen LogP contribution in [0.15, 0.2) is 24.5 Å². The molecule has 0 aliphatic heterocycles. The standard InChI is InChI=1S/C12H16N4O/c1-9-10(6-13-2)4-5-12(15-9)17-11-7-14-16(3)8-11/h4-5,7-8,13H,6H2,1-3H3. The van der Waals surface area contributed by atoms with Crippen LogP contribution in [-0.2, 0) is 13.6 Å². The number of nitrogens with zero attached hydrogens (tertiary/aromatic N) is 3. The minimum absolute atomic E-state index is 0.593.